The van der Waals surface area contributed by atoms with Gasteiger partial charge < -0.3 is 13.9 Å². The molecule has 20 heavy (non-hydrogen) atoms. The number of ether oxygens (including phenoxy) is 2. The molecule has 0 radical (unpaired) electrons. The van der Waals surface area contributed by atoms with Crippen molar-refractivity contribution in [2.24, 2.45) is 0 Å². The fourth-order valence-corrected chi connectivity index (χ4v) is 2.10. The van der Waals surface area contributed by atoms with Gasteiger partial charge >= 0.3 is 0 Å². The molecule has 3 rings (SSSR count). The predicted molar refractivity (Wildman–Crippen MR) is 70.6 cm³/mol. The lowest BCUT2D eigenvalue weighted by atomic mass is 10.1. The van der Waals surface area contributed by atoms with Gasteiger partial charge in [-0.2, -0.15) is 0 Å². The average Bonchev–Trinajstić information content (AvgIpc) is 3.03. The van der Waals surface area contributed by atoms with Crippen LogP contribution in [0.15, 0.2) is 41.1 Å². The second kappa shape index (κ2) is 5.88. The highest BCUT2D eigenvalue weighted by atomic mass is 16.7. The van der Waals surface area contributed by atoms with Crippen LogP contribution >= 0.6 is 0 Å². The third kappa shape index (κ3) is 2.88. The summed E-state index contributed by atoms with van der Waals surface area (Å²) in [5.74, 6) is 0.547. The Kier molecular flexibility index (Phi) is 3.78. The van der Waals surface area contributed by atoms with Crippen LogP contribution in [0.3, 0.4) is 0 Å². The Labute approximate surface area is 116 Å². The molecule has 1 atom stereocenters. The normalized spacial score (nSPS) is 18.7. The van der Waals surface area contributed by atoms with E-state index in [1.165, 1.54) is 12.5 Å². The van der Waals surface area contributed by atoms with Crippen LogP contribution in [0, 0.1) is 0 Å². The maximum atomic E-state index is 12.0. The van der Waals surface area contributed by atoms with Crippen LogP contribution in [0.25, 0.3) is 0 Å². The Morgan fingerprint density at radius 2 is 2.10 bits per heavy atom. The first kappa shape index (κ1) is 12.9. The van der Waals surface area contributed by atoms with Crippen molar-refractivity contribution in [1.29, 1.82) is 0 Å². The topological polar surface area (TPSA) is 61.6 Å². The molecule has 1 aromatic carbocycles. The van der Waals surface area contributed by atoms with E-state index >= 15 is 0 Å². The van der Waals surface area contributed by atoms with Gasteiger partial charge in [0.2, 0.25) is 5.78 Å². The van der Waals surface area contributed by atoms with Crippen molar-refractivity contribution in [3.63, 3.8) is 0 Å². The molecule has 1 fully saturated rings. The van der Waals surface area contributed by atoms with Gasteiger partial charge in [-0.25, -0.2) is 4.98 Å². The van der Waals surface area contributed by atoms with Gasteiger partial charge in [-0.1, -0.05) is 0 Å². The molecule has 1 unspecified atom stereocenters. The van der Waals surface area contributed by atoms with Crippen molar-refractivity contribution in [2.45, 2.75) is 25.6 Å². The average molecular weight is 273 g/mol. The molecule has 0 spiro atoms. The summed E-state index contributed by atoms with van der Waals surface area (Å²) >= 11 is 0. The molecule has 5 nitrogen and oxygen atoms in total. The second-order valence-corrected chi connectivity index (χ2v) is 4.60. The summed E-state index contributed by atoms with van der Waals surface area (Å²) in [7, 11) is 0. The number of nitrogens with zero attached hydrogens (tertiary/aromatic N) is 1. The third-order valence-electron chi connectivity index (χ3n) is 3.15. The maximum Gasteiger partial charge on any atom is 0.268 e. The van der Waals surface area contributed by atoms with Gasteiger partial charge in [0, 0.05) is 12.0 Å². The zero-order chi connectivity index (χ0) is 13.8. The van der Waals surface area contributed by atoms with Gasteiger partial charge in [-0.3, -0.25) is 4.79 Å². The van der Waals surface area contributed by atoms with E-state index in [4.69, 9.17) is 13.9 Å². The lowest BCUT2D eigenvalue weighted by Gasteiger charge is -2.23. The van der Waals surface area contributed by atoms with E-state index in [9.17, 15) is 4.79 Å². The summed E-state index contributed by atoms with van der Waals surface area (Å²) in [4.78, 5) is 15.8. The third-order valence-corrected chi connectivity index (χ3v) is 3.15. The number of benzene rings is 1. The number of carbonyl (C=O) groups excluding carboxylic acids is 1. The van der Waals surface area contributed by atoms with Crippen molar-refractivity contribution >= 4 is 5.78 Å². The molecule has 0 amide bonds. The molecule has 2 aromatic rings. The van der Waals surface area contributed by atoms with E-state index in [0.717, 1.165) is 25.9 Å². The molecule has 0 saturated carbocycles. The molecule has 1 aliphatic heterocycles. The van der Waals surface area contributed by atoms with Crippen molar-refractivity contribution < 1.29 is 18.7 Å². The Bertz CT molecular complexity index is 556. The fraction of sp³-hybridized carbons (Fsp3) is 0.333. The van der Waals surface area contributed by atoms with Crippen LogP contribution in [0.4, 0.5) is 0 Å². The predicted octanol–water partition coefficient (Wildman–Crippen LogP) is 2.81. The van der Waals surface area contributed by atoms with Crippen LogP contribution in [0.2, 0.25) is 0 Å². The highest BCUT2D eigenvalue weighted by Gasteiger charge is 2.16. The molecular weight excluding hydrogens is 258 g/mol. The van der Waals surface area contributed by atoms with Crippen LogP contribution in [0.5, 0.6) is 5.75 Å². The first-order chi connectivity index (χ1) is 9.83. The van der Waals surface area contributed by atoms with Crippen molar-refractivity contribution in [3.8, 4) is 5.75 Å². The van der Waals surface area contributed by atoms with E-state index in [2.05, 4.69) is 4.98 Å². The first-order valence-corrected chi connectivity index (χ1v) is 6.65. The molecule has 104 valence electrons. The molecule has 0 N–H and O–H groups in total. The lowest BCUT2D eigenvalue weighted by Crippen LogP contribution is -2.24. The van der Waals surface area contributed by atoms with Crippen LogP contribution in [0.1, 0.15) is 35.5 Å². The number of carbonyl (C=O) groups is 1. The zero-order valence-corrected chi connectivity index (χ0v) is 11.0. The van der Waals surface area contributed by atoms with Crippen LogP contribution < -0.4 is 4.74 Å². The minimum Gasteiger partial charge on any atom is -0.465 e. The van der Waals surface area contributed by atoms with Gasteiger partial charge in [0.15, 0.2) is 6.29 Å². The number of oxazole rings is 1. The maximum absolute atomic E-state index is 12.0. The summed E-state index contributed by atoms with van der Waals surface area (Å²) in [5.41, 5.74) is 0.518. The number of hydrogen-bond donors (Lipinski definition) is 0. The van der Waals surface area contributed by atoms with Crippen LogP contribution in [-0.2, 0) is 4.74 Å². The molecule has 0 aliphatic carbocycles. The summed E-state index contributed by atoms with van der Waals surface area (Å²) < 4.78 is 16.2. The van der Waals surface area contributed by atoms with Crippen LogP contribution in [-0.4, -0.2) is 23.7 Å². The fourth-order valence-electron chi connectivity index (χ4n) is 2.10. The highest BCUT2D eigenvalue weighted by molar-refractivity contribution is 6.05. The van der Waals surface area contributed by atoms with Crippen molar-refractivity contribution in [3.05, 3.63) is 48.2 Å². The molecule has 5 heteroatoms. The Hall–Kier alpha value is -2.14. The van der Waals surface area contributed by atoms with Gasteiger partial charge in [0.25, 0.3) is 5.89 Å². The van der Waals surface area contributed by atoms with E-state index in [0.29, 0.717) is 11.3 Å². The standard InChI is InChI=1S/C15H15NO4/c17-14(15-16-8-10-19-15)11-4-6-12(7-5-11)20-13-3-1-2-9-18-13/h4-8,10,13H,1-3,9H2. The number of hydrogen-bond acceptors (Lipinski definition) is 5. The Morgan fingerprint density at radius 3 is 2.75 bits per heavy atom. The molecule has 0 bridgehead atoms. The Balaban J connectivity index is 1.66. The summed E-state index contributed by atoms with van der Waals surface area (Å²) in [5, 5.41) is 0. The summed E-state index contributed by atoms with van der Waals surface area (Å²) in [6.07, 6.45) is 5.75. The molecule has 1 saturated heterocycles. The molecule has 1 aromatic heterocycles. The smallest absolute Gasteiger partial charge is 0.268 e. The molecule has 1 aliphatic rings. The van der Waals surface area contributed by atoms with E-state index in [-0.39, 0.29) is 18.0 Å². The lowest BCUT2D eigenvalue weighted by molar-refractivity contribution is -0.105. The largest absolute Gasteiger partial charge is 0.465 e. The van der Waals surface area contributed by atoms with E-state index in [1.54, 1.807) is 24.3 Å². The number of ketones is 1. The molecular formula is C15H15NO4. The summed E-state index contributed by atoms with van der Waals surface area (Å²) in [6.45, 7) is 0.741. The van der Waals surface area contributed by atoms with E-state index in [1.807, 2.05) is 0 Å². The highest BCUT2D eigenvalue weighted by Crippen LogP contribution is 2.20. The second-order valence-electron chi connectivity index (χ2n) is 4.60. The quantitative estimate of drug-likeness (QED) is 0.801. The monoisotopic (exact) mass is 273 g/mol. The van der Waals surface area contributed by atoms with Gasteiger partial charge in [-0.15, -0.1) is 0 Å². The minimum absolute atomic E-state index is 0.0919. The zero-order valence-electron chi connectivity index (χ0n) is 11.0. The Morgan fingerprint density at radius 1 is 1.25 bits per heavy atom. The molecule has 2 heterocycles. The number of aromatic nitrogens is 1. The van der Waals surface area contributed by atoms with E-state index < -0.39 is 0 Å². The SMILES string of the molecule is O=C(c1ccc(OC2CCCCO2)cc1)c1ncco1. The van der Waals surface area contributed by atoms with Crippen molar-refractivity contribution in [1.82, 2.24) is 4.98 Å². The van der Waals surface area contributed by atoms with Gasteiger partial charge in [-0.05, 0) is 37.1 Å². The van der Waals surface area contributed by atoms with Gasteiger partial charge in [0.1, 0.15) is 12.0 Å². The summed E-state index contributed by atoms with van der Waals surface area (Å²) in [6, 6.07) is 6.91. The van der Waals surface area contributed by atoms with Crippen molar-refractivity contribution in [2.75, 3.05) is 6.61 Å². The minimum atomic E-state index is -0.240. The van der Waals surface area contributed by atoms with Gasteiger partial charge in [0.05, 0.1) is 12.8 Å². The first-order valence-electron chi connectivity index (χ1n) is 6.65. The number of rotatable bonds is 4.